The highest BCUT2D eigenvalue weighted by atomic mass is 32.2. The van der Waals surface area contributed by atoms with Crippen molar-refractivity contribution < 1.29 is 13.2 Å². The van der Waals surface area contributed by atoms with Crippen molar-refractivity contribution in [1.82, 2.24) is 4.72 Å². The van der Waals surface area contributed by atoms with E-state index in [0.717, 1.165) is 41.7 Å². The summed E-state index contributed by atoms with van der Waals surface area (Å²) in [6.07, 6.45) is 3.90. The SMILES string of the molecule is N#Cc1c(NC(=O)c2cccc(S(=O)(=O)NCc3ccccc3)c2)sc2c1CCCC2. The number of rotatable bonds is 6. The van der Waals surface area contributed by atoms with E-state index in [1.807, 2.05) is 30.3 Å². The molecule has 2 N–H and O–H groups in total. The largest absolute Gasteiger partial charge is 0.312 e. The predicted molar refractivity (Wildman–Crippen MR) is 121 cm³/mol. The molecule has 1 aromatic heterocycles. The summed E-state index contributed by atoms with van der Waals surface area (Å²) in [6.45, 7) is 0.159. The van der Waals surface area contributed by atoms with E-state index in [-0.39, 0.29) is 17.0 Å². The van der Waals surface area contributed by atoms with Crippen LogP contribution in [0, 0.1) is 11.3 Å². The lowest BCUT2D eigenvalue weighted by Gasteiger charge is -2.09. The third-order valence-corrected chi connectivity index (χ3v) is 7.83. The summed E-state index contributed by atoms with van der Waals surface area (Å²) < 4.78 is 27.9. The zero-order chi connectivity index (χ0) is 21.8. The smallest absolute Gasteiger partial charge is 0.256 e. The van der Waals surface area contributed by atoms with Gasteiger partial charge in [-0.15, -0.1) is 11.3 Å². The van der Waals surface area contributed by atoms with Crippen LogP contribution in [0.5, 0.6) is 0 Å². The number of sulfonamides is 1. The van der Waals surface area contributed by atoms with Crippen LogP contribution < -0.4 is 10.0 Å². The van der Waals surface area contributed by atoms with Crippen LogP contribution in [-0.4, -0.2) is 14.3 Å². The topological polar surface area (TPSA) is 99.1 Å². The fraction of sp³-hybridized carbons (Fsp3) is 0.217. The molecule has 2 aromatic carbocycles. The third-order valence-electron chi connectivity index (χ3n) is 5.23. The molecular weight excluding hydrogens is 430 g/mol. The van der Waals surface area contributed by atoms with Crippen LogP contribution >= 0.6 is 11.3 Å². The molecule has 0 spiro atoms. The summed E-state index contributed by atoms with van der Waals surface area (Å²) in [5.41, 5.74) is 2.63. The molecule has 8 heteroatoms. The maximum atomic E-state index is 12.8. The molecule has 3 aromatic rings. The van der Waals surface area contributed by atoms with Gasteiger partial charge in [-0.3, -0.25) is 4.79 Å². The zero-order valence-corrected chi connectivity index (χ0v) is 18.4. The molecule has 0 saturated heterocycles. The Labute approximate surface area is 185 Å². The Morgan fingerprint density at radius 3 is 2.61 bits per heavy atom. The van der Waals surface area contributed by atoms with Gasteiger partial charge in [0.25, 0.3) is 5.91 Å². The van der Waals surface area contributed by atoms with Crippen LogP contribution in [0.15, 0.2) is 59.5 Å². The Bertz CT molecular complexity index is 1260. The van der Waals surface area contributed by atoms with Crippen molar-refractivity contribution >= 4 is 32.3 Å². The first-order valence-electron chi connectivity index (χ1n) is 9.97. The third kappa shape index (κ3) is 4.69. The minimum absolute atomic E-state index is 0.0158. The minimum Gasteiger partial charge on any atom is -0.312 e. The maximum Gasteiger partial charge on any atom is 0.256 e. The fourth-order valence-corrected chi connectivity index (χ4v) is 5.91. The normalized spacial score (nSPS) is 13.3. The van der Waals surface area contributed by atoms with Gasteiger partial charge in [0.15, 0.2) is 0 Å². The van der Waals surface area contributed by atoms with E-state index >= 15 is 0 Å². The predicted octanol–water partition coefficient (Wildman–Crippen LogP) is 4.23. The summed E-state index contributed by atoms with van der Waals surface area (Å²) in [5.74, 6) is -0.435. The number of hydrogen-bond donors (Lipinski definition) is 2. The number of carbonyl (C=O) groups excluding carboxylic acids is 1. The number of anilines is 1. The molecular formula is C23H21N3O3S2. The summed E-state index contributed by atoms with van der Waals surface area (Å²) >= 11 is 1.44. The van der Waals surface area contributed by atoms with Gasteiger partial charge in [0.05, 0.1) is 10.5 Å². The molecule has 1 amide bonds. The van der Waals surface area contributed by atoms with Gasteiger partial charge in [-0.2, -0.15) is 5.26 Å². The molecule has 1 aliphatic rings. The van der Waals surface area contributed by atoms with Gasteiger partial charge in [-0.25, -0.2) is 13.1 Å². The lowest BCUT2D eigenvalue weighted by Crippen LogP contribution is -2.23. The molecule has 0 aliphatic heterocycles. The number of nitrogens with zero attached hydrogens (tertiary/aromatic N) is 1. The number of amides is 1. The fourth-order valence-electron chi connectivity index (χ4n) is 3.61. The molecule has 0 atom stereocenters. The van der Waals surface area contributed by atoms with Crippen molar-refractivity contribution in [3.05, 3.63) is 81.7 Å². The van der Waals surface area contributed by atoms with E-state index in [1.54, 1.807) is 6.07 Å². The zero-order valence-electron chi connectivity index (χ0n) is 16.7. The Hall–Kier alpha value is -2.99. The number of benzene rings is 2. The number of aryl methyl sites for hydroxylation is 1. The van der Waals surface area contributed by atoms with Crippen LogP contribution in [-0.2, 0) is 29.4 Å². The molecule has 0 unspecified atom stereocenters. The number of fused-ring (bicyclic) bond motifs is 1. The Morgan fingerprint density at radius 1 is 1.06 bits per heavy atom. The molecule has 31 heavy (non-hydrogen) atoms. The van der Waals surface area contributed by atoms with Crippen LogP contribution in [0.3, 0.4) is 0 Å². The summed E-state index contributed by atoms with van der Waals surface area (Å²) in [6, 6.07) is 17.3. The van der Waals surface area contributed by atoms with E-state index in [1.165, 1.54) is 29.5 Å². The quantitative estimate of drug-likeness (QED) is 0.586. The molecule has 0 fully saturated rings. The Morgan fingerprint density at radius 2 is 1.84 bits per heavy atom. The van der Waals surface area contributed by atoms with Gasteiger partial charge in [0, 0.05) is 17.0 Å². The molecule has 158 valence electrons. The lowest BCUT2D eigenvalue weighted by molar-refractivity contribution is 0.102. The second-order valence-electron chi connectivity index (χ2n) is 7.32. The van der Waals surface area contributed by atoms with Crippen molar-refractivity contribution in [3.63, 3.8) is 0 Å². The van der Waals surface area contributed by atoms with Crippen LogP contribution in [0.1, 0.15) is 44.8 Å². The molecule has 4 rings (SSSR count). The summed E-state index contributed by atoms with van der Waals surface area (Å²) in [4.78, 5) is 14.0. The van der Waals surface area contributed by atoms with Crippen LogP contribution in [0.4, 0.5) is 5.00 Å². The monoisotopic (exact) mass is 451 g/mol. The van der Waals surface area contributed by atoms with Crippen molar-refractivity contribution in [3.8, 4) is 6.07 Å². The van der Waals surface area contributed by atoms with E-state index in [0.29, 0.717) is 10.6 Å². The molecule has 0 bridgehead atoms. The van der Waals surface area contributed by atoms with E-state index < -0.39 is 15.9 Å². The molecule has 6 nitrogen and oxygen atoms in total. The van der Waals surface area contributed by atoms with Gasteiger partial charge < -0.3 is 5.32 Å². The number of hydrogen-bond acceptors (Lipinski definition) is 5. The van der Waals surface area contributed by atoms with Crippen molar-refractivity contribution in [1.29, 1.82) is 5.26 Å². The van der Waals surface area contributed by atoms with Crippen molar-refractivity contribution in [2.75, 3.05) is 5.32 Å². The highest BCUT2D eigenvalue weighted by Crippen LogP contribution is 2.37. The summed E-state index contributed by atoms with van der Waals surface area (Å²) in [5, 5.41) is 12.9. The standard InChI is InChI=1S/C23H21N3O3S2/c24-14-20-19-11-4-5-12-21(19)30-23(20)26-22(27)17-9-6-10-18(13-17)31(28,29)25-15-16-7-2-1-3-8-16/h1-3,6-10,13,25H,4-5,11-12,15H2,(H,26,27). The molecule has 1 heterocycles. The van der Waals surface area contributed by atoms with E-state index in [2.05, 4.69) is 16.1 Å². The first-order valence-corrected chi connectivity index (χ1v) is 12.3. The van der Waals surface area contributed by atoms with Gasteiger partial charge in [0.1, 0.15) is 11.1 Å². The van der Waals surface area contributed by atoms with Crippen molar-refractivity contribution in [2.45, 2.75) is 37.1 Å². The average Bonchev–Trinajstić information content (AvgIpc) is 3.15. The van der Waals surface area contributed by atoms with Crippen LogP contribution in [0.25, 0.3) is 0 Å². The molecule has 0 radical (unpaired) electrons. The molecule has 0 saturated carbocycles. The Balaban J connectivity index is 1.52. The highest BCUT2D eigenvalue weighted by Gasteiger charge is 2.23. The van der Waals surface area contributed by atoms with E-state index in [4.69, 9.17) is 0 Å². The number of nitriles is 1. The van der Waals surface area contributed by atoms with Gasteiger partial charge >= 0.3 is 0 Å². The second-order valence-corrected chi connectivity index (χ2v) is 10.2. The first kappa shape index (κ1) is 21.2. The number of thiophene rings is 1. The van der Waals surface area contributed by atoms with Crippen molar-refractivity contribution in [2.24, 2.45) is 0 Å². The second kappa shape index (κ2) is 9.02. The molecule has 1 aliphatic carbocycles. The first-order chi connectivity index (χ1) is 15.0. The van der Waals surface area contributed by atoms with E-state index in [9.17, 15) is 18.5 Å². The van der Waals surface area contributed by atoms with Gasteiger partial charge in [-0.05, 0) is 55.0 Å². The average molecular weight is 452 g/mol. The number of carbonyl (C=O) groups is 1. The van der Waals surface area contributed by atoms with Gasteiger partial charge in [-0.1, -0.05) is 36.4 Å². The summed E-state index contributed by atoms with van der Waals surface area (Å²) in [7, 11) is -3.78. The maximum absolute atomic E-state index is 12.8. The lowest BCUT2D eigenvalue weighted by atomic mass is 9.96. The van der Waals surface area contributed by atoms with Crippen LogP contribution in [0.2, 0.25) is 0 Å². The highest BCUT2D eigenvalue weighted by molar-refractivity contribution is 7.89. The van der Waals surface area contributed by atoms with Gasteiger partial charge in [0.2, 0.25) is 10.0 Å². The minimum atomic E-state index is -3.78. The Kier molecular flexibility index (Phi) is 6.18. The number of nitrogens with one attached hydrogen (secondary N) is 2.